The number of nitro groups is 1. The molecule has 0 aliphatic heterocycles. The second-order valence-corrected chi connectivity index (χ2v) is 5.71. The summed E-state index contributed by atoms with van der Waals surface area (Å²) in [6.45, 7) is 2.46. The first-order chi connectivity index (χ1) is 11.5. The molecule has 2 rings (SSSR count). The van der Waals surface area contributed by atoms with E-state index in [4.69, 9.17) is 11.6 Å². The SMILES string of the molecule is CN=C(NCc1cccc([N+](=O)[O-])c1)NC(C)c1ccc(Cl)cc1. The molecule has 126 valence electrons. The van der Waals surface area contributed by atoms with Crippen LogP contribution in [0.15, 0.2) is 53.5 Å². The molecule has 0 radical (unpaired) electrons. The molecule has 7 heteroatoms. The predicted octanol–water partition coefficient (Wildman–Crippen LogP) is 3.67. The van der Waals surface area contributed by atoms with E-state index in [1.54, 1.807) is 19.2 Å². The van der Waals surface area contributed by atoms with Gasteiger partial charge in [0.2, 0.25) is 0 Å². The van der Waals surface area contributed by atoms with Crippen LogP contribution >= 0.6 is 11.6 Å². The van der Waals surface area contributed by atoms with Gasteiger partial charge >= 0.3 is 0 Å². The molecule has 0 saturated carbocycles. The number of nitro benzene ring substituents is 1. The van der Waals surface area contributed by atoms with Gasteiger partial charge in [-0.1, -0.05) is 35.9 Å². The van der Waals surface area contributed by atoms with Crippen LogP contribution < -0.4 is 10.6 Å². The van der Waals surface area contributed by atoms with Crippen LogP contribution in [0.5, 0.6) is 0 Å². The molecule has 0 fully saturated rings. The van der Waals surface area contributed by atoms with E-state index in [-0.39, 0.29) is 11.7 Å². The van der Waals surface area contributed by atoms with Crippen molar-refractivity contribution in [1.29, 1.82) is 0 Å². The zero-order valence-electron chi connectivity index (χ0n) is 13.5. The maximum absolute atomic E-state index is 10.8. The van der Waals surface area contributed by atoms with E-state index in [1.165, 1.54) is 6.07 Å². The van der Waals surface area contributed by atoms with Gasteiger partial charge in [-0.25, -0.2) is 0 Å². The Bertz CT molecular complexity index is 732. The van der Waals surface area contributed by atoms with Gasteiger partial charge in [0.25, 0.3) is 5.69 Å². The lowest BCUT2D eigenvalue weighted by molar-refractivity contribution is -0.384. The van der Waals surface area contributed by atoms with Gasteiger partial charge in [-0.15, -0.1) is 0 Å². The summed E-state index contributed by atoms with van der Waals surface area (Å²) >= 11 is 5.90. The summed E-state index contributed by atoms with van der Waals surface area (Å²) in [6.07, 6.45) is 0. The summed E-state index contributed by atoms with van der Waals surface area (Å²) in [4.78, 5) is 14.6. The Morgan fingerprint density at radius 1 is 1.29 bits per heavy atom. The minimum Gasteiger partial charge on any atom is -0.352 e. The molecule has 0 amide bonds. The van der Waals surface area contributed by atoms with E-state index in [1.807, 2.05) is 37.3 Å². The Morgan fingerprint density at radius 2 is 2.00 bits per heavy atom. The molecule has 24 heavy (non-hydrogen) atoms. The second kappa shape index (κ2) is 8.31. The van der Waals surface area contributed by atoms with Crippen LogP contribution in [0.1, 0.15) is 24.1 Å². The number of guanidine groups is 1. The highest BCUT2D eigenvalue weighted by Gasteiger charge is 2.09. The number of aliphatic imine (C=N–C) groups is 1. The van der Waals surface area contributed by atoms with Crippen molar-refractivity contribution in [2.45, 2.75) is 19.5 Å². The van der Waals surface area contributed by atoms with Crippen molar-refractivity contribution in [2.24, 2.45) is 4.99 Å². The van der Waals surface area contributed by atoms with Gasteiger partial charge in [-0.3, -0.25) is 15.1 Å². The summed E-state index contributed by atoms with van der Waals surface area (Å²) in [5.74, 6) is 0.615. The monoisotopic (exact) mass is 346 g/mol. The standard InChI is InChI=1S/C17H19ClN4O2/c1-12(14-6-8-15(18)9-7-14)21-17(19-2)20-11-13-4-3-5-16(10-13)22(23)24/h3-10,12H,11H2,1-2H3,(H2,19,20,21). The van der Waals surface area contributed by atoms with Crippen LogP contribution in [0.2, 0.25) is 5.02 Å². The van der Waals surface area contributed by atoms with Crippen molar-refractivity contribution in [1.82, 2.24) is 10.6 Å². The molecule has 6 nitrogen and oxygen atoms in total. The minimum atomic E-state index is -0.404. The molecular formula is C17H19ClN4O2. The first-order valence-electron chi connectivity index (χ1n) is 7.45. The predicted molar refractivity (Wildman–Crippen MR) is 96.3 cm³/mol. The lowest BCUT2D eigenvalue weighted by Crippen LogP contribution is -2.38. The summed E-state index contributed by atoms with van der Waals surface area (Å²) in [5.41, 5.74) is 1.97. The highest BCUT2D eigenvalue weighted by molar-refractivity contribution is 6.30. The van der Waals surface area contributed by atoms with Crippen molar-refractivity contribution in [3.05, 3.63) is 74.8 Å². The number of halogens is 1. The Balaban J connectivity index is 1.96. The molecule has 1 unspecified atom stereocenters. The number of hydrogen-bond acceptors (Lipinski definition) is 3. The summed E-state index contributed by atoms with van der Waals surface area (Å²) in [6, 6.07) is 14.1. The minimum absolute atomic E-state index is 0.0403. The highest BCUT2D eigenvalue weighted by atomic mass is 35.5. The van der Waals surface area contributed by atoms with Crippen LogP contribution in [0, 0.1) is 10.1 Å². The molecule has 2 N–H and O–H groups in total. The van der Waals surface area contributed by atoms with Crippen molar-refractivity contribution in [3.63, 3.8) is 0 Å². The first-order valence-corrected chi connectivity index (χ1v) is 7.83. The third-order valence-corrected chi connectivity index (χ3v) is 3.78. The van der Waals surface area contributed by atoms with Gasteiger partial charge in [-0.05, 0) is 30.2 Å². The number of hydrogen-bond donors (Lipinski definition) is 2. The Kier molecular flexibility index (Phi) is 6.14. The quantitative estimate of drug-likeness (QED) is 0.374. The smallest absolute Gasteiger partial charge is 0.269 e. The van der Waals surface area contributed by atoms with Gasteiger partial charge in [0.05, 0.1) is 11.0 Å². The maximum Gasteiger partial charge on any atom is 0.269 e. The average molecular weight is 347 g/mol. The Labute approximate surface area is 145 Å². The maximum atomic E-state index is 10.8. The molecule has 0 heterocycles. The third-order valence-electron chi connectivity index (χ3n) is 3.53. The molecule has 0 aliphatic rings. The van der Waals surface area contributed by atoms with E-state index in [0.29, 0.717) is 17.5 Å². The molecule has 2 aromatic rings. The van der Waals surface area contributed by atoms with Crippen molar-refractivity contribution >= 4 is 23.2 Å². The van der Waals surface area contributed by atoms with E-state index in [9.17, 15) is 10.1 Å². The largest absolute Gasteiger partial charge is 0.352 e. The zero-order chi connectivity index (χ0) is 17.5. The van der Waals surface area contributed by atoms with E-state index in [2.05, 4.69) is 15.6 Å². The molecule has 2 aromatic carbocycles. The fourth-order valence-corrected chi connectivity index (χ4v) is 2.33. The first kappa shape index (κ1) is 17.7. The number of rotatable bonds is 5. The van der Waals surface area contributed by atoms with E-state index in [0.717, 1.165) is 11.1 Å². The van der Waals surface area contributed by atoms with Gasteiger partial charge in [0.1, 0.15) is 0 Å². The molecule has 0 bridgehead atoms. The number of non-ortho nitro benzene ring substituents is 1. The fraction of sp³-hybridized carbons (Fsp3) is 0.235. The lowest BCUT2D eigenvalue weighted by Gasteiger charge is -2.18. The van der Waals surface area contributed by atoms with Crippen LogP contribution in [0.3, 0.4) is 0 Å². The van der Waals surface area contributed by atoms with Gasteiger partial charge in [0, 0.05) is 30.7 Å². The zero-order valence-corrected chi connectivity index (χ0v) is 14.2. The molecular weight excluding hydrogens is 328 g/mol. The van der Waals surface area contributed by atoms with Crippen molar-refractivity contribution < 1.29 is 4.92 Å². The van der Waals surface area contributed by atoms with E-state index >= 15 is 0 Å². The Morgan fingerprint density at radius 3 is 2.62 bits per heavy atom. The van der Waals surface area contributed by atoms with Gasteiger partial charge in [-0.2, -0.15) is 0 Å². The molecule has 0 saturated heterocycles. The van der Waals surface area contributed by atoms with Crippen molar-refractivity contribution in [3.8, 4) is 0 Å². The van der Waals surface area contributed by atoms with Crippen LogP contribution in [0.25, 0.3) is 0 Å². The lowest BCUT2D eigenvalue weighted by atomic mass is 10.1. The highest BCUT2D eigenvalue weighted by Crippen LogP contribution is 2.16. The van der Waals surface area contributed by atoms with Gasteiger partial charge in [0.15, 0.2) is 5.96 Å². The van der Waals surface area contributed by atoms with Crippen LogP contribution in [0.4, 0.5) is 5.69 Å². The topological polar surface area (TPSA) is 79.6 Å². The fourth-order valence-electron chi connectivity index (χ4n) is 2.20. The summed E-state index contributed by atoms with van der Waals surface area (Å²) in [7, 11) is 1.68. The average Bonchev–Trinajstić information content (AvgIpc) is 2.59. The summed E-state index contributed by atoms with van der Waals surface area (Å²) in [5, 5.41) is 17.9. The molecule has 1 atom stereocenters. The number of nitrogens with zero attached hydrogens (tertiary/aromatic N) is 2. The number of nitrogens with one attached hydrogen (secondary N) is 2. The summed E-state index contributed by atoms with van der Waals surface area (Å²) < 4.78 is 0. The van der Waals surface area contributed by atoms with Crippen LogP contribution in [-0.2, 0) is 6.54 Å². The molecule has 0 aliphatic carbocycles. The van der Waals surface area contributed by atoms with Crippen molar-refractivity contribution in [2.75, 3.05) is 7.05 Å². The Hall–Kier alpha value is -2.60. The number of benzene rings is 2. The normalized spacial score (nSPS) is 12.5. The second-order valence-electron chi connectivity index (χ2n) is 5.27. The van der Waals surface area contributed by atoms with Crippen LogP contribution in [-0.4, -0.2) is 17.9 Å². The van der Waals surface area contributed by atoms with E-state index < -0.39 is 4.92 Å². The molecule has 0 spiro atoms. The van der Waals surface area contributed by atoms with Gasteiger partial charge < -0.3 is 10.6 Å². The molecule has 0 aromatic heterocycles. The third kappa shape index (κ3) is 4.96.